The van der Waals surface area contributed by atoms with Gasteiger partial charge < -0.3 is 13.8 Å². The van der Waals surface area contributed by atoms with Crippen molar-refractivity contribution in [3.8, 4) is 6.07 Å². The van der Waals surface area contributed by atoms with Crippen LogP contribution in [0.15, 0.2) is 197 Å². The predicted octanol–water partition coefficient (Wildman–Crippen LogP) is 15.2. The summed E-state index contributed by atoms with van der Waals surface area (Å²) in [5, 5.41) is 15.0. The molecule has 0 bridgehead atoms. The molecule has 0 unspecified atom stereocenters. The largest absolute Gasteiger partial charge is 0.406 e. The van der Waals surface area contributed by atoms with Crippen molar-refractivity contribution < 1.29 is 8.85 Å². The van der Waals surface area contributed by atoms with Crippen LogP contribution < -0.4 is 25.6 Å². The Morgan fingerprint density at radius 1 is 0.575 bits per heavy atom. The molecule has 7 heteroatoms. The third kappa shape index (κ3) is 12.6. The first-order valence-electron chi connectivity index (χ1n) is 26.5. The Morgan fingerprint density at radius 3 is 1.36 bits per heavy atom. The maximum atomic E-state index is 10.1. The minimum Gasteiger partial charge on any atom is -0.406 e. The van der Waals surface area contributed by atoms with E-state index in [-0.39, 0.29) is 15.5 Å². The van der Waals surface area contributed by atoms with Crippen molar-refractivity contribution in [1.29, 1.82) is 5.26 Å². The van der Waals surface area contributed by atoms with Gasteiger partial charge in [0.1, 0.15) is 0 Å². The molecule has 6 aromatic rings. The molecule has 0 heterocycles. The van der Waals surface area contributed by atoms with E-state index in [4.69, 9.17) is 8.85 Å². The fraction of sp³-hybridized carbons (Fsp3) is 0.348. The van der Waals surface area contributed by atoms with Gasteiger partial charge in [0.15, 0.2) is 0 Å². The number of anilines is 1. The van der Waals surface area contributed by atoms with Gasteiger partial charge in [-0.2, -0.15) is 5.26 Å². The first kappa shape index (κ1) is 55.3. The van der Waals surface area contributed by atoms with Crippen molar-refractivity contribution in [3.63, 3.8) is 0 Å². The van der Waals surface area contributed by atoms with Crippen LogP contribution in [0, 0.1) is 16.7 Å². The second-order valence-electron chi connectivity index (χ2n) is 23.3. The Hall–Kier alpha value is -5.47. The molecule has 0 aliphatic heterocycles. The van der Waals surface area contributed by atoms with E-state index in [0.717, 1.165) is 29.7 Å². The Balaban J connectivity index is 1.25. The van der Waals surface area contributed by atoms with Gasteiger partial charge in [-0.3, -0.25) is 0 Å². The van der Waals surface area contributed by atoms with Crippen LogP contribution in [-0.2, 0) is 8.85 Å². The van der Waals surface area contributed by atoms with Crippen LogP contribution >= 0.6 is 11.8 Å². The van der Waals surface area contributed by atoms with E-state index in [2.05, 4.69) is 270 Å². The number of allylic oxidation sites excluding steroid dienone is 4. The fourth-order valence-electron chi connectivity index (χ4n) is 11.1. The number of nitriles is 1. The highest BCUT2D eigenvalue weighted by Gasteiger charge is 2.51. The molecule has 4 nitrogen and oxygen atoms in total. The zero-order valence-electron chi connectivity index (χ0n) is 45.8. The molecule has 0 spiro atoms. The SMILES string of the molecule is CC(C)c1cccc(C(C)C)c1SC1=C(/C=C/c2ccc(N(CCO[Si](c3ccccc3)(c3ccccc3)C(C)(C)C)CCO[Si](c3ccccc3)(c3ccccc3)C(C)(C)C)cc2)CC(C)(C)C/C1=C\C#N. The van der Waals surface area contributed by atoms with E-state index in [1.807, 2.05) is 11.8 Å². The van der Waals surface area contributed by atoms with Crippen LogP contribution in [0.4, 0.5) is 5.69 Å². The van der Waals surface area contributed by atoms with Crippen molar-refractivity contribution in [3.05, 3.63) is 209 Å². The van der Waals surface area contributed by atoms with Crippen LogP contribution in [0.2, 0.25) is 10.1 Å². The molecule has 0 fully saturated rings. The summed E-state index contributed by atoms with van der Waals surface area (Å²) in [5.41, 5.74) is 7.42. The van der Waals surface area contributed by atoms with Crippen molar-refractivity contribution >= 4 is 60.9 Å². The molecule has 0 radical (unpaired) electrons. The number of hydrogen-bond donors (Lipinski definition) is 0. The standard InChI is InChI=1S/C66H80N2O2SSi2/c1-50(2)60-34-25-35-61(51(3)4)63(60)71-62-53(48-66(11,12)49-54(62)42-43-67)39-36-52-37-40-55(41-38-52)68(44-46-69-72(64(5,6)7,56-26-17-13-18-27-56)57-28-19-14-20-29-57)45-47-70-73(65(8,9)10,58-30-21-15-22-31-58)59-32-23-16-24-33-59/h13-42,50-51H,44-49H2,1-12H3/b39-36+,54-42+. The summed E-state index contributed by atoms with van der Waals surface area (Å²) in [5.74, 6) is 0.763. The van der Waals surface area contributed by atoms with Gasteiger partial charge in [0, 0.05) is 34.7 Å². The lowest BCUT2D eigenvalue weighted by Crippen LogP contribution is -2.67. The van der Waals surface area contributed by atoms with Crippen LogP contribution in [0.3, 0.4) is 0 Å². The zero-order chi connectivity index (χ0) is 52.4. The van der Waals surface area contributed by atoms with Gasteiger partial charge in [-0.1, -0.05) is 259 Å². The Kier molecular flexibility index (Phi) is 18.0. The first-order valence-corrected chi connectivity index (χ1v) is 31.1. The van der Waals surface area contributed by atoms with Gasteiger partial charge in [0.05, 0.1) is 19.3 Å². The lowest BCUT2D eigenvalue weighted by molar-refractivity contribution is 0.285. The molecule has 1 aliphatic carbocycles. The summed E-state index contributed by atoms with van der Waals surface area (Å²) < 4.78 is 15.1. The van der Waals surface area contributed by atoms with E-state index in [1.165, 1.54) is 47.2 Å². The fourth-order valence-corrected chi connectivity index (χ4v) is 21.8. The maximum absolute atomic E-state index is 10.1. The molecule has 0 N–H and O–H groups in total. The molecule has 0 saturated carbocycles. The summed E-state index contributed by atoms with van der Waals surface area (Å²) in [6, 6.07) is 62.0. The molecule has 0 amide bonds. The van der Waals surface area contributed by atoms with E-state index in [0.29, 0.717) is 38.1 Å². The number of hydrogen-bond acceptors (Lipinski definition) is 5. The van der Waals surface area contributed by atoms with Crippen molar-refractivity contribution in [2.45, 2.75) is 123 Å². The summed E-state index contributed by atoms with van der Waals surface area (Å²) in [4.78, 5) is 5.03. The van der Waals surface area contributed by atoms with Gasteiger partial charge in [0.2, 0.25) is 0 Å². The highest BCUT2D eigenvalue weighted by atomic mass is 32.2. The number of nitrogens with zero attached hydrogens (tertiary/aromatic N) is 2. The van der Waals surface area contributed by atoms with Crippen molar-refractivity contribution in [2.75, 3.05) is 31.2 Å². The Morgan fingerprint density at radius 2 is 0.986 bits per heavy atom. The molecule has 6 aromatic carbocycles. The van der Waals surface area contributed by atoms with E-state index in [9.17, 15) is 5.26 Å². The van der Waals surface area contributed by atoms with Gasteiger partial charge in [0.25, 0.3) is 16.6 Å². The second kappa shape index (κ2) is 23.8. The quantitative estimate of drug-likeness (QED) is 0.0598. The van der Waals surface area contributed by atoms with Crippen LogP contribution in [0.5, 0.6) is 0 Å². The second-order valence-corrected chi connectivity index (χ2v) is 32.9. The highest BCUT2D eigenvalue weighted by Crippen LogP contribution is 2.51. The molecular weight excluding hydrogens is 941 g/mol. The number of rotatable bonds is 19. The van der Waals surface area contributed by atoms with Crippen molar-refractivity contribution in [2.24, 2.45) is 5.41 Å². The summed E-state index contributed by atoms with van der Waals surface area (Å²) in [6.07, 6.45) is 8.18. The Labute approximate surface area is 446 Å². The predicted molar refractivity (Wildman–Crippen MR) is 319 cm³/mol. The molecular formula is C66H80N2O2SSi2. The average Bonchev–Trinajstić information content (AvgIpc) is 3.36. The molecule has 380 valence electrons. The van der Waals surface area contributed by atoms with Crippen molar-refractivity contribution in [1.82, 2.24) is 0 Å². The van der Waals surface area contributed by atoms with Crippen LogP contribution in [0.1, 0.15) is 124 Å². The third-order valence-corrected chi connectivity index (χ3v) is 26.1. The minimum absolute atomic E-state index is 0.0161. The van der Waals surface area contributed by atoms with E-state index in [1.54, 1.807) is 6.08 Å². The van der Waals surface area contributed by atoms with Gasteiger partial charge >= 0.3 is 0 Å². The molecule has 7 rings (SSSR count). The Bertz CT molecular complexity index is 2660. The van der Waals surface area contributed by atoms with Gasteiger partial charge in [-0.05, 0) is 101 Å². The molecule has 0 atom stereocenters. The summed E-state index contributed by atoms with van der Waals surface area (Å²) in [7, 11) is -5.57. The minimum atomic E-state index is -2.78. The van der Waals surface area contributed by atoms with Gasteiger partial charge in [-0.25, -0.2) is 0 Å². The summed E-state index contributed by atoms with van der Waals surface area (Å²) >= 11 is 1.87. The molecule has 0 saturated heterocycles. The average molecular weight is 1020 g/mol. The lowest BCUT2D eigenvalue weighted by atomic mass is 9.75. The monoisotopic (exact) mass is 1020 g/mol. The molecule has 0 aromatic heterocycles. The van der Waals surface area contributed by atoms with Crippen LogP contribution in [0.25, 0.3) is 6.08 Å². The number of thioether (sulfide) groups is 1. The maximum Gasteiger partial charge on any atom is 0.261 e. The molecule has 73 heavy (non-hydrogen) atoms. The normalized spacial score (nSPS) is 15.1. The first-order chi connectivity index (χ1) is 34.8. The smallest absolute Gasteiger partial charge is 0.261 e. The highest BCUT2D eigenvalue weighted by molar-refractivity contribution is 8.03. The van der Waals surface area contributed by atoms with Gasteiger partial charge in [-0.15, -0.1) is 0 Å². The zero-order valence-corrected chi connectivity index (χ0v) is 48.7. The summed E-state index contributed by atoms with van der Waals surface area (Å²) in [6.45, 7) is 30.4. The number of benzene rings is 6. The van der Waals surface area contributed by atoms with Crippen LogP contribution in [-0.4, -0.2) is 42.9 Å². The van der Waals surface area contributed by atoms with E-state index < -0.39 is 16.6 Å². The molecule has 1 aliphatic rings. The van der Waals surface area contributed by atoms with E-state index >= 15 is 0 Å². The lowest BCUT2D eigenvalue weighted by Gasteiger charge is -2.44. The topological polar surface area (TPSA) is 45.5 Å². The third-order valence-electron chi connectivity index (χ3n) is 14.6.